The molecule has 0 radical (unpaired) electrons. The van der Waals surface area contributed by atoms with Crippen molar-refractivity contribution < 1.29 is 4.79 Å². The van der Waals surface area contributed by atoms with Gasteiger partial charge < -0.3 is 5.32 Å². The molecule has 5 heteroatoms. The molecule has 0 aliphatic heterocycles. The highest BCUT2D eigenvalue weighted by Crippen LogP contribution is 2.40. The SMILES string of the molecule is CC(C)(C)C1CCC(C(=O)Nc2nc(-c3cccnc3)cs2)CC1. The van der Waals surface area contributed by atoms with E-state index in [0.29, 0.717) is 10.5 Å². The Morgan fingerprint density at radius 2 is 2.00 bits per heavy atom. The lowest BCUT2D eigenvalue weighted by molar-refractivity contribution is -0.121. The molecule has 4 nitrogen and oxygen atoms in total. The number of nitrogens with one attached hydrogen (secondary N) is 1. The molecule has 24 heavy (non-hydrogen) atoms. The van der Waals surface area contributed by atoms with E-state index < -0.39 is 0 Å². The Bertz CT molecular complexity index is 682. The van der Waals surface area contributed by atoms with Crippen molar-refractivity contribution in [3.8, 4) is 11.3 Å². The second-order valence-electron chi connectivity index (χ2n) is 7.68. The van der Waals surface area contributed by atoms with Gasteiger partial charge in [-0.2, -0.15) is 0 Å². The highest BCUT2D eigenvalue weighted by Gasteiger charge is 2.32. The molecule has 1 amide bonds. The van der Waals surface area contributed by atoms with Gasteiger partial charge >= 0.3 is 0 Å². The first-order valence-corrected chi connectivity index (χ1v) is 9.48. The van der Waals surface area contributed by atoms with Crippen LogP contribution in [-0.2, 0) is 4.79 Å². The van der Waals surface area contributed by atoms with Crippen LogP contribution in [0.25, 0.3) is 11.3 Å². The molecular formula is C19H25N3OS. The maximum Gasteiger partial charge on any atom is 0.229 e. The van der Waals surface area contributed by atoms with Crippen molar-refractivity contribution in [3.63, 3.8) is 0 Å². The van der Waals surface area contributed by atoms with Crippen LogP contribution < -0.4 is 5.32 Å². The zero-order chi connectivity index (χ0) is 17.2. The molecule has 3 rings (SSSR count). The second kappa shape index (κ2) is 7.01. The van der Waals surface area contributed by atoms with Gasteiger partial charge in [-0.05, 0) is 49.1 Å². The number of carbonyl (C=O) groups excluding carboxylic acids is 1. The van der Waals surface area contributed by atoms with Crippen LogP contribution in [0.2, 0.25) is 0 Å². The van der Waals surface area contributed by atoms with Gasteiger partial charge in [-0.15, -0.1) is 11.3 Å². The molecule has 0 unspecified atom stereocenters. The summed E-state index contributed by atoms with van der Waals surface area (Å²) < 4.78 is 0. The lowest BCUT2D eigenvalue weighted by Gasteiger charge is -2.36. The molecule has 0 aromatic carbocycles. The highest BCUT2D eigenvalue weighted by molar-refractivity contribution is 7.14. The highest BCUT2D eigenvalue weighted by atomic mass is 32.1. The first kappa shape index (κ1) is 17.1. The van der Waals surface area contributed by atoms with E-state index in [2.05, 4.69) is 36.1 Å². The van der Waals surface area contributed by atoms with Gasteiger partial charge in [-0.3, -0.25) is 9.78 Å². The van der Waals surface area contributed by atoms with Crippen LogP contribution >= 0.6 is 11.3 Å². The fourth-order valence-electron chi connectivity index (χ4n) is 3.41. The first-order chi connectivity index (χ1) is 11.4. The van der Waals surface area contributed by atoms with Crippen molar-refractivity contribution in [2.24, 2.45) is 17.3 Å². The van der Waals surface area contributed by atoms with Crippen molar-refractivity contribution in [1.82, 2.24) is 9.97 Å². The number of pyridine rings is 1. The molecule has 0 spiro atoms. The maximum absolute atomic E-state index is 12.5. The molecule has 128 valence electrons. The Balaban J connectivity index is 1.57. The van der Waals surface area contributed by atoms with E-state index in [1.165, 1.54) is 11.3 Å². The van der Waals surface area contributed by atoms with Crippen LogP contribution in [0.1, 0.15) is 46.5 Å². The minimum Gasteiger partial charge on any atom is -0.302 e. The van der Waals surface area contributed by atoms with Gasteiger partial charge in [-0.1, -0.05) is 20.8 Å². The quantitative estimate of drug-likeness (QED) is 0.853. The molecule has 2 aromatic rings. The summed E-state index contributed by atoms with van der Waals surface area (Å²) in [6, 6.07) is 3.86. The monoisotopic (exact) mass is 343 g/mol. The predicted octanol–water partition coefficient (Wildman–Crippen LogP) is 5.00. The lowest BCUT2D eigenvalue weighted by Crippen LogP contribution is -2.31. The Morgan fingerprint density at radius 1 is 1.25 bits per heavy atom. The zero-order valence-corrected chi connectivity index (χ0v) is 15.4. The maximum atomic E-state index is 12.5. The molecule has 1 N–H and O–H groups in total. The standard InChI is InChI=1S/C19H25N3OS/c1-19(2,3)15-8-6-13(7-9-15)17(23)22-18-21-16(12-24-18)14-5-4-10-20-11-14/h4-5,10-13,15H,6-9H2,1-3H3,(H,21,22,23). The van der Waals surface area contributed by atoms with Crippen LogP contribution in [0, 0.1) is 17.3 Å². The fourth-order valence-corrected chi connectivity index (χ4v) is 4.13. The topological polar surface area (TPSA) is 54.9 Å². The van der Waals surface area contributed by atoms with Crippen molar-refractivity contribution >= 4 is 22.4 Å². The summed E-state index contributed by atoms with van der Waals surface area (Å²) in [5.74, 6) is 0.961. The molecule has 2 aromatic heterocycles. The van der Waals surface area contributed by atoms with Gasteiger partial charge in [0.1, 0.15) is 0 Å². The summed E-state index contributed by atoms with van der Waals surface area (Å²) in [4.78, 5) is 21.1. The predicted molar refractivity (Wildman–Crippen MR) is 98.9 cm³/mol. The molecule has 1 aliphatic carbocycles. The molecule has 1 fully saturated rings. The van der Waals surface area contributed by atoms with Gasteiger partial charge in [0, 0.05) is 29.3 Å². The van der Waals surface area contributed by atoms with Gasteiger partial charge in [0.25, 0.3) is 0 Å². The molecule has 1 saturated carbocycles. The van der Waals surface area contributed by atoms with Crippen molar-refractivity contribution in [3.05, 3.63) is 29.9 Å². The van der Waals surface area contributed by atoms with Crippen molar-refractivity contribution in [2.75, 3.05) is 5.32 Å². The number of anilines is 1. The summed E-state index contributed by atoms with van der Waals surface area (Å²) in [5, 5.41) is 5.64. The Hall–Kier alpha value is -1.75. The van der Waals surface area contributed by atoms with Gasteiger partial charge in [-0.25, -0.2) is 4.98 Å². The van der Waals surface area contributed by atoms with E-state index in [9.17, 15) is 4.79 Å². The van der Waals surface area contributed by atoms with Crippen LogP contribution in [0.4, 0.5) is 5.13 Å². The summed E-state index contributed by atoms with van der Waals surface area (Å²) in [7, 11) is 0. The van der Waals surface area contributed by atoms with E-state index in [-0.39, 0.29) is 11.8 Å². The third kappa shape index (κ3) is 4.01. The lowest BCUT2D eigenvalue weighted by atomic mass is 9.70. The number of rotatable bonds is 3. The van der Waals surface area contributed by atoms with E-state index in [1.54, 1.807) is 12.4 Å². The van der Waals surface area contributed by atoms with Crippen molar-refractivity contribution in [2.45, 2.75) is 46.5 Å². The fraction of sp³-hybridized carbons (Fsp3) is 0.526. The summed E-state index contributed by atoms with van der Waals surface area (Å²) in [6.07, 6.45) is 7.77. The van der Waals surface area contributed by atoms with E-state index in [1.807, 2.05) is 17.5 Å². The molecule has 0 atom stereocenters. The summed E-state index contributed by atoms with van der Waals surface area (Å²) >= 11 is 1.47. The number of thiazole rings is 1. The number of carbonyl (C=O) groups is 1. The third-order valence-corrected chi connectivity index (χ3v) is 5.77. The molecule has 1 aliphatic rings. The first-order valence-electron chi connectivity index (χ1n) is 8.60. The van der Waals surface area contributed by atoms with E-state index in [4.69, 9.17) is 0 Å². The number of hydrogen-bond acceptors (Lipinski definition) is 4. The zero-order valence-electron chi connectivity index (χ0n) is 14.6. The Morgan fingerprint density at radius 3 is 2.62 bits per heavy atom. The van der Waals surface area contributed by atoms with Crippen LogP contribution in [0.5, 0.6) is 0 Å². The summed E-state index contributed by atoms with van der Waals surface area (Å²) in [5.41, 5.74) is 2.18. The summed E-state index contributed by atoms with van der Waals surface area (Å²) in [6.45, 7) is 6.90. The van der Waals surface area contributed by atoms with Crippen LogP contribution in [0.15, 0.2) is 29.9 Å². The number of aromatic nitrogens is 2. The number of amides is 1. The molecule has 0 bridgehead atoms. The van der Waals surface area contributed by atoms with Crippen molar-refractivity contribution in [1.29, 1.82) is 0 Å². The largest absolute Gasteiger partial charge is 0.302 e. The van der Waals surface area contributed by atoms with E-state index in [0.717, 1.165) is 42.9 Å². The minimum atomic E-state index is 0.120. The molecule has 2 heterocycles. The normalized spacial score (nSPS) is 21.5. The third-order valence-electron chi connectivity index (χ3n) is 5.01. The molecule has 0 saturated heterocycles. The average molecular weight is 343 g/mol. The second-order valence-corrected chi connectivity index (χ2v) is 8.54. The average Bonchev–Trinajstić information content (AvgIpc) is 3.03. The van der Waals surface area contributed by atoms with Crippen LogP contribution in [-0.4, -0.2) is 15.9 Å². The van der Waals surface area contributed by atoms with Gasteiger partial charge in [0.2, 0.25) is 5.91 Å². The van der Waals surface area contributed by atoms with Gasteiger partial charge in [0.05, 0.1) is 5.69 Å². The van der Waals surface area contributed by atoms with E-state index >= 15 is 0 Å². The number of hydrogen-bond donors (Lipinski definition) is 1. The number of nitrogens with zero attached hydrogens (tertiary/aromatic N) is 2. The molecular weight excluding hydrogens is 318 g/mol. The Labute approximate surface area is 147 Å². The smallest absolute Gasteiger partial charge is 0.229 e. The van der Waals surface area contributed by atoms with Gasteiger partial charge in [0.15, 0.2) is 5.13 Å². The minimum absolute atomic E-state index is 0.120. The Kier molecular flexibility index (Phi) is 4.99. The van der Waals surface area contributed by atoms with Crippen LogP contribution in [0.3, 0.4) is 0 Å².